The van der Waals surface area contributed by atoms with Gasteiger partial charge >= 0.3 is 8.56 Å². The van der Waals surface area contributed by atoms with Gasteiger partial charge in [-0.2, -0.15) is 0 Å². The van der Waals surface area contributed by atoms with E-state index < -0.39 is 8.56 Å². The number of hydrogen-bond donors (Lipinski definition) is 0. The summed E-state index contributed by atoms with van der Waals surface area (Å²) in [5, 5.41) is 0. The lowest BCUT2D eigenvalue weighted by atomic mass is 10.3. The largest absolute Gasteiger partial charge is 0.397 e. The standard InChI is InChI=1S/C18H43N3O2Si/c1-8-19(9-2)14-12-16-21(18-24(7,22-5)23-6)17-13-15-20(10-3)11-4/h8-18H2,1-7H3. The summed E-state index contributed by atoms with van der Waals surface area (Å²) in [7, 11) is 1.53. The summed E-state index contributed by atoms with van der Waals surface area (Å²) in [6.45, 7) is 20.3. The number of rotatable bonds is 16. The lowest BCUT2D eigenvalue weighted by Crippen LogP contribution is -2.50. The lowest BCUT2D eigenvalue weighted by molar-refractivity contribution is 0.192. The zero-order chi connectivity index (χ0) is 18.4. The van der Waals surface area contributed by atoms with Gasteiger partial charge < -0.3 is 23.6 Å². The van der Waals surface area contributed by atoms with E-state index in [1.165, 1.54) is 25.9 Å². The highest BCUT2D eigenvalue weighted by Gasteiger charge is 2.31. The molecule has 0 unspecified atom stereocenters. The lowest BCUT2D eigenvalue weighted by Gasteiger charge is -2.32. The summed E-state index contributed by atoms with van der Waals surface area (Å²) in [6, 6.07) is 0. The molecule has 0 saturated heterocycles. The van der Waals surface area contributed by atoms with Gasteiger partial charge in [-0.3, -0.25) is 0 Å². The average Bonchev–Trinajstić information content (AvgIpc) is 2.61. The van der Waals surface area contributed by atoms with Crippen molar-refractivity contribution >= 4 is 8.56 Å². The van der Waals surface area contributed by atoms with Crippen LogP contribution in [0.2, 0.25) is 6.55 Å². The van der Waals surface area contributed by atoms with Crippen molar-refractivity contribution < 1.29 is 8.85 Å². The van der Waals surface area contributed by atoms with Gasteiger partial charge in [0, 0.05) is 20.4 Å². The van der Waals surface area contributed by atoms with Gasteiger partial charge in [-0.1, -0.05) is 27.7 Å². The maximum absolute atomic E-state index is 5.71. The van der Waals surface area contributed by atoms with Gasteiger partial charge in [0.25, 0.3) is 0 Å². The quantitative estimate of drug-likeness (QED) is 0.394. The smallest absolute Gasteiger partial charge is 0.348 e. The Labute approximate surface area is 152 Å². The Morgan fingerprint density at radius 2 is 0.958 bits per heavy atom. The summed E-state index contributed by atoms with van der Waals surface area (Å²) < 4.78 is 11.4. The summed E-state index contributed by atoms with van der Waals surface area (Å²) in [4.78, 5) is 7.56. The first kappa shape index (κ1) is 24.0. The Morgan fingerprint density at radius 1 is 0.625 bits per heavy atom. The van der Waals surface area contributed by atoms with E-state index in [0.717, 1.165) is 45.4 Å². The third-order valence-corrected chi connectivity index (χ3v) is 7.81. The first-order chi connectivity index (χ1) is 11.5. The molecule has 0 aromatic heterocycles. The molecule has 6 heteroatoms. The average molecular weight is 362 g/mol. The second-order valence-electron chi connectivity index (χ2n) is 6.58. The molecular formula is C18H43N3O2Si. The van der Waals surface area contributed by atoms with E-state index >= 15 is 0 Å². The Hall–Kier alpha value is 0.0169. The minimum atomic E-state index is -2.05. The van der Waals surface area contributed by atoms with Crippen LogP contribution in [0.1, 0.15) is 40.5 Å². The van der Waals surface area contributed by atoms with E-state index in [2.05, 4.69) is 48.9 Å². The molecule has 0 radical (unpaired) electrons. The minimum absolute atomic E-state index is 0.955. The predicted molar refractivity (Wildman–Crippen MR) is 107 cm³/mol. The Balaban J connectivity index is 4.48. The van der Waals surface area contributed by atoms with Gasteiger partial charge in [-0.15, -0.1) is 0 Å². The predicted octanol–water partition coefficient (Wildman–Crippen LogP) is 2.66. The van der Waals surface area contributed by atoms with Crippen LogP contribution in [0.4, 0.5) is 0 Å². The Kier molecular flexibility index (Phi) is 14.2. The maximum Gasteiger partial charge on any atom is 0.348 e. The van der Waals surface area contributed by atoms with E-state index in [4.69, 9.17) is 8.85 Å². The third kappa shape index (κ3) is 10.1. The van der Waals surface area contributed by atoms with Gasteiger partial charge in [-0.05, 0) is 71.7 Å². The first-order valence-corrected chi connectivity index (χ1v) is 12.3. The Bertz CT molecular complexity index is 265. The number of nitrogens with zero attached hydrogens (tertiary/aromatic N) is 3. The van der Waals surface area contributed by atoms with E-state index in [1.807, 2.05) is 0 Å². The molecule has 0 rings (SSSR count). The van der Waals surface area contributed by atoms with Crippen LogP contribution in [0.15, 0.2) is 0 Å². The monoisotopic (exact) mass is 361 g/mol. The highest BCUT2D eigenvalue weighted by molar-refractivity contribution is 6.66. The molecule has 0 fully saturated rings. The van der Waals surface area contributed by atoms with Gasteiger partial charge in [0.05, 0.1) is 0 Å². The van der Waals surface area contributed by atoms with Crippen molar-refractivity contribution in [1.82, 2.24) is 14.7 Å². The molecule has 0 N–H and O–H groups in total. The van der Waals surface area contributed by atoms with Crippen LogP contribution in [-0.4, -0.2) is 96.0 Å². The normalized spacial score (nSPS) is 12.8. The van der Waals surface area contributed by atoms with Crippen molar-refractivity contribution in [1.29, 1.82) is 0 Å². The molecule has 0 aliphatic carbocycles. The molecule has 0 atom stereocenters. The van der Waals surface area contributed by atoms with E-state index in [0.29, 0.717) is 0 Å². The fourth-order valence-corrected chi connectivity index (χ4v) is 4.56. The second-order valence-corrected chi connectivity index (χ2v) is 9.98. The van der Waals surface area contributed by atoms with Crippen LogP contribution >= 0.6 is 0 Å². The van der Waals surface area contributed by atoms with Gasteiger partial charge in [-0.25, -0.2) is 0 Å². The fraction of sp³-hybridized carbons (Fsp3) is 1.00. The van der Waals surface area contributed by atoms with Crippen LogP contribution in [0.3, 0.4) is 0 Å². The van der Waals surface area contributed by atoms with E-state index in [9.17, 15) is 0 Å². The van der Waals surface area contributed by atoms with E-state index in [-0.39, 0.29) is 0 Å². The molecule has 0 saturated carbocycles. The molecule has 5 nitrogen and oxygen atoms in total. The van der Waals surface area contributed by atoms with Crippen LogP contribution in [0.25, 0.3) is 0 Å². The van der Waals surface area contributed by atoms with Crippen molar-refractivity contribution in [2.24, 2.45) is 0 Å². The summed E-state index contributed by atoms with van der Waals surface area (Å²) >= 11 is 0. The molecule has 0 aliphatic rings. The van der Waals surface area contributed by atoms with Crippen LogP contribution < -0.4 is 0 Å². The number of hydrogen-bond acceptors (Lipinski definition) is 5. The highest BCUT2D eigenvalue weighted by Crippen LogP contribution is 2.09. The summed E-state index contributed by atoms with van der Waals surface area (Å²) in [5.74, 6) is 0. The first-order valence-electron chi connectivity index (χ1n) is 9.75. The van der Waals surface area contributed by atoms with Crippen molar-refractivity contribution in [2.75, 3.05) is 72.7 Å². The van der Waals surface area contributed by atoms with Crippen LogP contribution in [0.5, 0.6) is 0 Å². The maximum atomic E-state index is 5.71. The third-order valence-electron chi connectivity index (χ3n) is 5.06. The van der Waals surface area contributed by atoms with Gasteiger partial charge in [0.1, 0.15) is 0 Å². The molecule has 146 valence electrons. The summed E-state index contributed by atoms with van der Waals surface area (Å²) in [5.41, 5.74) is 0. The molecule has 0 aliphatic heterocycles. The van der Waals surface area contributed by atoms with Crippen molar-refractivity contribution in [2.45, 2.75) is 47.1 Å². The zero-order valence-electron chi connectivity index (χ0n) is 17.4. The molecule has 0 bridgehead atoms. The van der Waals surface area contributed by atoms with Crippen LogP contribution in [0, 0.1) is 0 Å². The fourth-order valence-electron chi connectivity index (χ4n) is 3.00. The zero-order valence-corrected chi connectivity index (χ0v) is 18.4. The Morgan fingerprint density at radius 3 is 1.25 bits per heavy atom. The molecule has 0 amide bonds. The SMILES string of the molecule is CCN(CC)CCCN(CCCN(CC)CC)C[Si](C)(OC)OC. The van der Waals surface area contributed by atoms with Crippen molar-refractivity contribution in [3.63, 3.8) is 0 Å². The molecular weight excluding hydrogens is 318 g/mol. The van der Waals surface area contributed by atoms with Crippen LogP contribution in [-0.2, 0) is 8.85 Å². The molecule has 0 heterocycles. The summed E-state index contributed by atoms with van der Waals surface area (Å²) in [6.07, 6.45) is 3.38. The molecule has 0 aromatic carbocycles. The van der Waals surface area contributed by atoms with Gasteiger partial charge in [0.15, 0.2) is 0 Å². The minimum Gasteiger partial charge on any atom is -0.397 e. The molecule has 0 spiro atoms. The van der Waals surface area contributed by atoms with E-state index in [1.54, 1.807) is 14.2 Å². The molecule has 0 aromatic rings. The topological polar surface area (TPSA) is 28.2 Å². The van der Waals surface area contributed by atoms with Crippen molar-refractivity contribution in [3.8, 4) is 0 Å². The van der Waals surface area contributed by atoms with Crippen molar-refractivity contribution in [3.05, 3.63) is 0 Å². The van der Waals surface area contributed by atoms with Gasteiger partial charge in [0.2, 0.25) is 0 Å². The second kappa shape index (κ2) is 14.2. The molecule has 24 heavy (non-hydrogen) atoms. The highest BCUT2D eigenvalue weighted by atomic mass is 28.4.